The van der Waals surface area contributed by atoms with Gasteiger partial charge in [0.25, 0.3) is 0 Å². The second-order valence-corrected chi connectivity index (χ2v) is 3.73. The highest BCUT2D eigenvalue weighted by atomic mass is 16.5. The van der Waals surface area contributed by atoms with Crippen LogP contribution in [-0.2, 0) is 16.0 Å². The molecule has 16 heavy (non-hydrogen) atoms. The van der Waals surface area contributed by atoms with Crippen molar-refractivity contribution in [3.05, 3.63) is 29.8 Å². The van der Waals surface area contributed by atoms with E-state index in [0.29, 0.717) is 18.7 Å². The van der Waals surface area contributed by atoms with Crippen LogP contribution in [0, 0.1) is 0 Å². The highest BCUT2D eigenvalue weighted by molar-refractivity contribution is 5.80. The molecular weight excluding hydrogens is 204 g/mol. The topological polar surface area (TPSA) is 64.3 Å². The minimum atomic E-state index is -0.0400. The van der Waals surface area contributed by atoms with Crippen LogP contribution in [0.15, 0.2) is 24.3 Å². The molecule has 0 saturated carbocycles. The van der Waals surface area contributed by atoms with E-state index in [0.717, 1.165) is 5.56 Å². The molecule has 0 heterocycles. The summed E-state index contributed by atoms with van der Waals surface area (Å²) in [7, 11) is 1.62. The van der Waals surface area contributed by atoms with Gasteiger partial charge in [0.15, 0.2) is 0 Å². The van der Waals surface area contributed by atoms with E-state index in [-0.39, 0.29) is 12.0 Å². The van der Waals surface area contributed by atoms with Gasteiger partial charge in [-0.2, -0.15) is 0 Å². The quantitative estimate of drug-likeness (QED) is 0.729. The smallest absolute Gasteiger partial charge is 0.224 e. The number of rotatable bonds is 5. The Morgan fingerprint density at radius 2 is 2.19 bits per heavy atom. The zero-order valence-electron chi connectivity index (χ0n) is 9.69. The molecule has 0 radical (unpaired) electrons. The number of carbonyl (C=O) groups excluding carboxylic acids is 1. The zero-order chi connectivity index (χ0) is 12.0. The number of amides is 1. The summed E-state index contributed by atoms with van der Waals surface area (Å²) < 4.78 is 5.04. The lowest BCUT2D eigenvalue weighted by Gasteiger charge is -2.11. The third-order valence-electron chi connectivity index (χ3n) is 2.40. The minimum Gasteiger partial charge on any atom is -0.398 e. The van der Waals surface area contributed by atoms with Crippen molar-refractivity contribution >= 4 is 11.6 Å². The van der Waals surface area contributed by atoms with Crippen molar-refractivity contribution in [2.45, 2.75) is 19.4 Å². The summed E-state index contributed by atoms with van der Waals surface area (Å²) in [5.74, 6) is -0.0400. The highest BCUT2D eigenvalue weighted by Crippen LogP contribution is 2.10. The second-order valence-electron chi connectivity index (χ2n) is 3.73. The van der Waals surface area contributed by atoms with Crippen LogP contribution >= 0.6 is 0 Å². The van der Waals surface area contributed by atoms with E-state index >= 15 is 0 Å². The first-order valence-corrected chi connectivity index (χ1v) is 5.26. The maximum absolute atomic E-state index is 11.6. The summed E-state index contributed by atoms with van der Waals surface area (Å²) in [6, 6.07) is 7.37. The summed E-state index contributed by atoms with van der Waals surface area (Å²) in [5.41, 5.74) is 7.25. The number of nitrogen functional groups attached to an aromatic ring is 1. The normalized spacial score (nSPS) is 12.1. The van der Waals surface area contributed by atoms with Crippen LogP contribution in [0.3, 0.4) is 0 Å². The SMILES string of the molecule is COC(C)CNC(=O)Cc1ccccc1N. The molecule has 1 aromatic rings. The lowest BCUT2D eigenvalue weighted by molar-refractivity contribution is -0.120. The van der Waals surface area contributed by atoms with E-state index in [1.54, 1.807) is 13.2 Å². The molecule has 1 unspecified atom stereocenters. The summed E-state index contributed by atoms with van der Waals surface area (Å²) in [5, 5.41) is 2.79. The van der Waals surface area contributed by atoms with Crippen molar-refractivity contribution in [3.8, 4) is 0 Å². The van der Waals surface area contributed by atoms with Crippen molar-refractivity contribution < 1.29 is 9.53 Å². The van der Waals surface area contributed by atoms with Crippen LogP contribution in [0.5, 0.6) is 0 Å². The van der Waals surface area contributed by atoms with E-state index in [9.17, 15) is 4.79 Å². The van der Waals surface area contributed by atoms with Crippen LogP contribution in [0.25, 0.3) is 0 Å². The van der Waals surface area contributed by atoms with Gasteiger partial charge in [-0.05, 0) is 18.6 Å². The Hall–Kier alpha value is -1.55. The standard InChI is InChI=1S/C12H18N2O2/c1-9(16-2)8-14-12(15)7-10-5-3-4-6-11(10)13/h3-6,9H,7-8,13H2,1-2H3,(H,14,15). The van der Waals surface area contributed by atoms with Crippen LogP contribution in [0.4, 0.5) is 5.69 Å². The molecule has 0 bridgehead atoms. The van der Waals surface area contributed by atoms with Crippen LogP contribution in [0.2, 0.25) is 0 Å². The van der Waals surface area contributed by atoms with Gasteiger partial charge in [0.1, 0.15) is 0 Å². The molecule has 4 heteroatoms. The number of anilines is 1. The van der Waals surface area contributed by atoms with Crippen LogP contribution in [0.1, 0.15) is 12.5 Å². The van der Waals surface area contributed by atoms with E-state index in [1.807, 2.05) is 25.1 Å². The monoisotopic (exact) mass is 222 g/mol. The summed E-state index contributed by atoms with van der Waals surface area (Å²) >= 11 is 0. The molecule has 1 rings (SSSR count). The Morgan fingerprint density at radius 1 is 1.50 bits per heavy atom. The molecule has 0 aromatic heterocycles. The number of para-hydroxylation sites is 1. The van der Waals surface area contributed by atoms with Crippen molar-refractivity contribution in [1.82, 2.24) is 5.32 Å². The minimum absolute atomic E-state index is 0.0251. The molecule has 4 nitrogen and oxygen atoms in total. The lowest BCUT2D eigenvalue weighted by Crippen LogP contribution is -2.32. The van der Waals surface area contributed by atoms with E-state index in [4.69, 9.17) is 10.5 Å². The van der Waals surface area contributed by atoms with Gasteiger partial charge in [-0.1, -0.05) is 18.2 Å². The fraction of sp³-hybridized carbons (Fsp3) is 0.417. The van der Waals surface area contributed by atoms with Crippen LogP contribution < -0.4 is 11.1 Å². The molecular formula is C12H18N2O2. The largest absolute Gasteiger partial charge is 0.398 e. The lowest BCUT2D eigenvalue weighted by atomic mass is 10.1. The Morgan fingerprint density at radius 3 is 2.81 bits per heavy atom. The molecule has 0 aliphatic heterocycles. The number of ether oxygens (including phenoxy) is 1. The number of hydrogen-bond donors (Lipinski definition) is 2. The molecule has 0 aliphatic carbocycles. The van der Waals surface area contributed by atoms with Crippen molar-refractivity contribution in [3.63, 3.8) is 0 Å². The predicted octanol–water partition coefficient (Wildman–Crippen LogP) is 0.962. The number of benzene rings is 1. The molecule has 0 spiro atoms. The number of carbonyl (C=O) groups is 1. The summed E-state index contributed by atoms with van der Waals surface area (Å²) in [6.45, 7) is 2.42. The first-order valence-electron chi connectivity index (χ1n) is 5.26. The van der Waals surface area contributed by atoms with Gasteiger partial charge in [-0.15, -0.1) is 0 Å². The number of nitrogens with one attached hydrogen (secondary N) is 1. The van der Waals surface area contributed by atoms with E-state index in [1.165, 1.54) is 0 Å². The fourth-order valence-corrected chi connectivity index (χ4v) is 1.27. The van der Waals surface area contributed by atoms with Gasteiger partial charge >= 0.3 is 0 Å². The Bertz CT molecular complexity index is 353. The molecule has 88 valence electrons. The third-order valence-corrected chi connectivity index (χ3v) is 2.40. The number of nitrogens with two attached hydrogens (primary N) is 1. The number of hydrogen-bond acceptors (Lipinski definition) is 3. The Balaban J connectivity index is 2.43. The van der Waals surface area contributed by atoms with Crippen molar-refractivity contribution in [2.75, 3.05) is 19.4 Å². The van der Waals surface area contributed by atoms with Crippen molar-refractivity contribution in [2.24, 2.45) is 0 Å². The summed E-state index contributed by atoms with van der Waals surface area (Å²) in [4.78, 5) is 11.6. The maximum Gasteiger partial charge on any atom is 0.224 e. The van der Waals surface area contributed by atoms with Crippen LogP contribution in [-0.4, -0.2) is 25.7 Å². The molecule has 0 saturated heterocycles. The Labute approximate surface area is 95.8 Å². The van der Waals surface area contributed by atoms with Gasteiger partial charge < -0.3 is 15.8 Å². The molecule has 1 atom stereocenters. The molecule has 0 aliphatic rings. The predicted molar refractivity (Wildman–Crippen MR) is 64.0 cm³/mol. The zero-order valence-corrected chi connectivity index (χ0v) is 9.69. The average molecular weight is 222 g/mol. The van der Waals surface area contributed by atoms with E-state index < -0.39 is 0 Å². The first kappa shape index (κ1) is 12.5. The van der Waals surface area contributed by atoms with Crippen molar-refractivity contribution in [1.29, 1.82) is 0 Å². The third kappa shape index (κ3) is 3.90. The van der Waals surface area contributed by atoms with E-state index in [2.05, 4.69) is 5.32 Å². The van der Waals surface area contributed by atoms with Gasteiger partial charge in [-0.25, -0.2) is 0 Å². The molecule has 0 fully saturated rings. The highest BCUT2D eigenvalue weighted by Gasteiger charge is 2.07. The molecule has 3 N–H and O–H groups in total. The maximum atomic E-state index is 11.6. The van der Waals surface area contributed by atoms with Gasteiger partial charge in [0, 0.05) is 19.3 Å². The number of methoxy groups -OCH3 is 1. The van der Waals surface area contributed by atoms with Gasteiger partial charge in [0.05, 0.1) is 12.5 Å². The molecule has 1 aromatic carbocycles. The molecule has 1 amide bonds. The first-order chi connectivity index (χ1) is 7.63. The second kappa shape index (κ2) is 6.12. The fourth-order valence-electron chi connectivity index (χ4n) is 1.27. The summed E-state index contributed by atoms with van der Waals surface area (Å²) in [6.07, 6.45) is 0.334. The van der Waals surface area contributed by atoms with Gasteiger partial charge in [-0.3, -0.25) is 4.79 Å². The Kier molecular flexibility index (Phi) is 4.79. The average Bonchev–Trinajstić information content (AvgIpc) is 2.29. The van der Waals surface area contributed by atoms with Gasteiger partial charge in [0.2, 0.25) is 5.91 Å².